The van der Waals surface area contributed by atoms with E-state index in [9.17, 15) is 13.2 Å². The molecule has 9 heteroatoms. The Hall–Kier alpha value is -0.140. The van der Waals surface area contributed by atoms with Crippen LogP contribution in [0.3, 0.4) is 0 Å². The molecule has 0 amide bonds. The first-order valence-corrected chi connectivity index (χ1v) is 6.41. The molecule has 0 aromatic rings. The minimum atomic E-state index is -4.64. The van der Waals surface area contributed by atoms with Crippen LogP contribution in [0.2, 0.25) is 0 Å². The van der Waals surface area contributed by atoms with Crippen molar-refractivity contribution in [1.29, 1.82) is 0 Å². The molecule has 17 heavy (non-hydrogen) atoms. The number of nitrogens with zero attached hydrogens (tertiary/aromatic N) is 1. The number of hydrogen-bond donors (Lipinski definition) is 3. The molecule has 0 bridgehead atoms. The molecule has 0 heterocycles. The van der Waals surface area contributed by atoms with Gasteiger partial charge in [0.15, 0.2) is 0 Å². The summed E-state index contributed by atoms with van der Waals surface area (Å²) in [4.78, 5) is 23.0. The lowest BCUT2D eigenvalue weighted by molar-refractivity contribution is -0.153. The van der Waals surface area contributed by atoms with Crippen LogP contribution in [0.5, 0.6) is 0 Å². The van der Waals surface area contributed by atoms with Gasteiger partial charge >= 0.3 is 14.0 Å². The zero-order chi connectivity index (χ0) is 14.4. The van der Waals surface area contributed by atoms with Crippen molar-refractivity contribution in [1.82, 2.24) is 4.90 Å². The zero-order valence-corrected chi connectivity index (χ0v) is 11.0. The third-order valence-corrected chi connectivity index (χ3v) is 1.69. The molecule has 0 aliphatic rings. The fourth-order valence-electron chi connectivity index (χ4n) is 1.17. The van der Waals surface area contributed by atoms with E-state index in [0.717, 1.165) is 0 Å². The summed E-state index contributed by atoms with van der Waals surface area (Å²) in [5.74, 6) is 0. The normalized spacial score (nSPS) is 13.0. The van der Waals surface area contributed by atoms with Gasteiger partial charge in [-0.05, 0) is 27.7 Å². The van der Waals surface area contributed by atoms with Crippen LogP contribution in [0.25, 0.3) is 0 Å². The molecule has 0 unspecified atom stereocenters. The van der Waals surface area contributed by atoms with Crippen molar-refractivity contribution < 1.29 is 32.4 Å². The highest BCUT2D eigenvalue weighted by atomic mass is 31.2. The smallest absolute Gasteiger partial charge is 0.303 e. The molecule has 0 aliphatic heterocycles. The van der Waals surface area contributed by atoms with Gasteiger partial charge in [0, 0.05) is 12.1 Å². The van der Waals surface area contributed by atoms with E-state index in [2.05, 4.69) is 0 Å². The Morgan fingerprint density at radius 1 is 1.06 bits per heavy atom. The predicted octanol–water partition coefficient (Wildman–Crippen LogP) is 1.74. The number of halogens is 3. The van der Waals surface area contributed by atoms with Gasteiger partial charge in [0.25, 0.3) is 0 Å². The van der Waals surface area contributed by atoms with Crippen LogP contribution in [0.15, 0.2) is 0 Å². The maximum Gasteiger partial charge on any atom is 0.466 e. The van der Waals surface area contributed by atoms with Crippen molar-refractivity contribution in [3.63, 3.8) is 0 Å². The Balaban J connectivity index is 0. The lowest BCUT2D eigenvalue weighted by atomic mass is 10.2. The Kier molecular flexibility index (Phi) is 8.28. The van der Waals surface area contributed by atoms with Gasteiger partial charge in [-0.2, -0.15) is 13.2 Å². The van der Waals surface area contributed by atoms with E-state index in [-0.39, 0.29) is 12.1 Å². The summed E-state index contributed by atoms with van der Waals surface area (Å²) in [7, 11) is -4.64. The summed E-state index contributed by atoms with van der Waals surface area (Å²) in [6, 6.07) is -0.127. The summed E-state index contributed by atoms with van der Waals surface area (Å²) in [6.07, 6.45) is -4.09. The van der Waals surface area contributed by atoms with Crippen LogP contribution >= 0.6 is 7.82 Å². The van der Waals surface area contributed by atoms with Gasteiger partial charge in [0.1, 0.15) is 0 Å². The Bertz CT molecular complexity index is 235. The standard InChI is InChI=1S/C8H16F3N.H3O4P/c1-6(2)12(7(3)4)5-8(9,10)11;1-5(2,3)4/h6-7H,5H2,1-4H3;(H3,1,2,3,4). The molecule has 0 radical (unpaired) electrons. The monoisotopic (exact) mass is 281 g/mol. The molecule has 0 aromatic heterocycles. The average Bonchev–Trinajstić information content (AvgIpc) is 1.93. The summed E-state index contributed by atoms with van der Waals surface area (Å²) in [5.41, 5.74) is 0. The molecule has 0 rings (SSSR count). The lowest BCUT2D eigenvalue weighted by Crippen LogP contribution is -2.43. The molecule has 0 saturated carbocycles. The molecule has 0 aromatic carbocycles. The van der Waals surface area contributed by atoms with Crippen molar-refractivity contribution in [3.05, 3.63) is 0 Å². The van der Waals surface area contributed by atoms with E-state index in [1.165, 1.54) is 4.90 Å². The lowest BCUT2D eigenvalue weighted by Gasteiger charge is -2.30. The minimum absolute atomic E-state index is 0.0633. The molecule has 106 valence electrons. The van der Waals surface area contributed by atoms with Gasteiger partial charge in [-0.25, -0.2) is 4.57 Å². The fraction of sp³-hybridized carbons (Fsp3) is 1.00. The van der Waals surface area contributed by atoms with E-state index >= 15 is 0 Å². The molecule has 0 aliphatic carbocycles. The van der Waals surface area contributed by atoms with Crippen LogP contribution in [-0.4, -0.2) is 44.4 Å². The highest BCUT2D eigenvalue weighted by Crippen LogP contribution is 2.25. The van der Waals surface area contributed by atoms with Gasteiger partial charge in [-0.15, -0.1) is 0 Å². The largest absolute Gasteiger partial charge is 0.466 e. The van der Waals surface area contributed by atoms with Crippen LogP contribution in [0, 0.1) is 0 Å². The molecule has 0 atom stereocenters. The highest BCUT2D eigenvalue weighted by molar-refractivity contribution is 7.45. The van der Waals surface area contributed by atoms with E-state index in [1.54, 1.807) is 27.7 Å². The number of hydrogen-bond acceptors (Lipinski definition) is 2. The van der Waals surface area contributed by atoms with Crippen LogP contribution in [0.1, 0.15) is 27.7 Å². The molecule has 3 N–H and O–H groups in total. The quantitative estimate of drug-likeness (QED) is 0.686. The van der Waals surface area contributed by atoms with E-state index in [0.29, 0.717) is 0 Å². The number of alkyl halides is 3. The molecule has 0 saturated heterocycles. The molecule has 0 spiro atoms. The first-order valence-electron chi connectivity index (χ1n) is 4.85. The van der Waals surface area contributed by atoms with Crippen LogP contribution < -0.4 is 0 Å². The Labute approximate surface area is 98.5 Å². The first-order chi connectivity index (χ1) is 7.24. The van der Waals surface area contributed by atoms with Crippen molar-refractivity contribution in [2.24, 2.45) is 0 Å². The predicted molar refractivity (Wildman–Crippen MR) is 57.3 cm³/mol. The second-order valence-electron chi connectivity index (χ2n) is 3.99. The maximum atomic E-state index is 12.0. The fourth-order valence-corrected chi connectivity index (χ4v) is 1.17. The average molecular weight is 281 g/mol. The van der Waals surface area contributed by atoms with E-state index in [1.807, 2.05) is 0 Å². The van der Waals surface area contributed by atoms with E-state index < -0.39 is 20.5 Å². The zero-order valence-electron chi connectivity index (χ0n) is 10.1. The molecule has 0 fully saturated rings. The SMILES string of the molecule is CC(C)N(CC(F)(F)F)C(C)C.O=P(O)(O)O. The van der Waals surface area contributed by atoms with Gasteiger partial charge in [0.05, 0.1) is 6.54 Å². The summed E-state index contributed by atoms with van der Waals surface area (Å²) < 4.78 is 44.8. The second-order valence-corrected chi connectivity index (χ2v) is 5.01. The van der Waals surface area contributed by atoms with Crippen molar-refractivity contribution in [3.8, 4) is 0 Å². The first kappa shape index (κ1) is 19.2. The van der Waals surface area contributed by atoms with Crippen LogP contribution in [0.4, 0.5) is 13.2 Å². The van der Waals surface area contributed by atoms with Gasteiger partial charge in [-0.1, -0.05) is 0 Å². The third-order valence-electron chi connectivity index (χ3n) is 1.69. The maximum absolute atomic E-state index is 12.0. The number of rotatable bonds is 3. The highest BCUT2D eigenvalue weighted by Gasteiger charge is 2.32. The molecular weight excluding hydrogens is 262 g/mol. The van der Waals surface area contributed by atoms with Crippen LogP contribution in [-0.2, 0) is 4.57 Å². The Morgan fingerprint density at radius 2 is 1.29 bits per heavy atom. The van der Waals surface area contributed by atoms with E-state index in [4.69, 9.17) is 19.2 Å². The number of phosphoric acid groups is 1. The Morgan fingerprint density at radius 3 is 1.35 bits per heavy atom. The van der Waals surface area contributed by atoms with Crippen molar-refractivity contribution in [2.75, 3.05) is 6.54 Å². The third kappa shape index (κ3) is 18.4. The summed E-state index contributed by atoms with van der Waals surface area (Å²) >= 11 is 0. The molecular formula is C8H19F3NO4P. The van der Waals surface area contributed by atoms with Gasteiger partial charge in [-0.3, -0.25) is 4.90 Å². The second kappa shape index (κ2) is 7.33. The van der Waals surface area contributed by atoms with Gasteiger partial charge < -0.3 is 14.7 Å². The summed E-state index contributed by atoms with van der Waals surface area (Å²) in [5, 5.41) is 0. The molecule has 5 nitrogen and oxygen atoms in total. The summed E-state index contributed by atoms with van der Waals surface area (Å²) in [6.45, 7) is 6.26. The van der Waals surface area contributed by atoms with Crippen molar-refractivity contribution in [2.45, 2.75) is 46.0 Å². The van der Waals surface area contributed by atoms with Gasteiger partial charge in [0.2, 0.25) is 0 Å². The minimum Gasteiger partial charge on any atom is -0.303 e. The van der Waals surface area contributed by atoms with Crippen molar-refractivity contribution >= 4 is 7.82 Å². The topological polar surface area (TPSA) is 81.0 Å².